The van der Waals surface area contributed by atoms with E-state index in [2.05, 4.69) is 63.3 Å². The zero-order valence-electron chi connectivity index (χ0n) is 12.9. The maximum atomic E-state index is 5.59. The van der Waals surface area contributed by atoms with Crippen LogP contribution < -0.4 is 5.32 Å². The molecule has 0 radical (unpaired) electrons. The lowest BCUT2D eigenvalue weighted by Gasteiger charge is -2.28. The highest BCUT2D eigenvalue weighted by Crippen LogP contribution is 2.10. The van der Waals surface area contributed by atoms with Crippen LogP contribution in [0.15, 0.2) is 30.3 Å². The summed E-state index contributed by atoms with van der Waals surface area (Å²) in [7, 11) is 0. The second kappa shape index (κ2) is 9.11. The normalized spacial score (nSPS) is 14.6. The summed E-state index contributed by atoms with van der Waals surface area (Å²) in [6, 6.07) is 11.7. The van der Waals surface area contributed by atoms with E-state index < -0.39 is 0 Å². The third-order valence-corrected chi connectivity index (χ3v) is 3.57. The van der Waals surface area contributed by atoms with Crippen LogP contribution in [0.5, 0.6) is 0 Å². The second-order valence-corrected chi connectivity index (χ2v) is 5.47. The Hall–Kier alpha value is -0.860. The average molecular weight is 263 g/mol. The van der Waals surface area contributed by atoms with E-state index in [-0.39, 0.29) is 0 Å². The van der Waals surface area contributed by atoms with Crippen LogP contribution >= 0.6 is 0 Å². The topological polar surface area (TPSA) is 21.3 Å². The number of benzene rings is 1. The van der Waals surface area contributed by atoms with E-state index in [0.717, 1.165) is 26.1 Å². The molecule has 108 valence electrons. The van der Waals surface area contributed by atoms with Gasteiger partial charge in [0.1, 0.15) is 0 Å². The fourth-order valence-corrected chi connectivity index (χ4v) is 2.20. The molecule has 2 atom stereocenters. The minimum Gasteiger partial charge on any atom is -0.380 e. The number of ether oxygens (including phenoxy) is 1. The van der Waals surface area contributed by atoms with Gasteiger partial charge in [-0.2, -0.15) is 0 Å². The van der Waals surface area contributed by atoms with Crippen molar-refractivity contribution in [1.29, 1.82) is 0 Å². The lowest BCUT2D eigenvalue weighted by atomic mass is 9.99. The van der Waals surface area contributed by atoms with Crippen LogP contribution in [0.4, 0.5) is 0 Å². The van der Waals surface area contributed by atoms with Gasteiger partial charge in [0.15, 0.2) is 0 Å². The van der Waals surface area contributed by atoms with Crippen molar-refractivity contribution >= 4 is 0 Å². The maximum absolute atomic E-state index is 5.59. The second-order valence-electron chi connectivity index (χ2n) is 5.47. The van der Waals surface area contributed by atoms with Crippen molar-refractivity contribution in [3.05, 3.63) is 35.9 Å². The lowest BCUT2D eigenvalue weighted by Crippen LogP contribution is -2.45. The first-order valence-corrected chi connectivity index (χ1v) is 7.55. The summed E-state index contributed by atoms with van der Waals surface area (Å²) in [6.45, 7) is 10.4. The number of nitrogens with one attached hydrogen (secondary N) is 1. The van der Waals surface area contributed by atoms with E-state index >= 15 is 0 Å². The summed E-state index contributed by atoms with van der Waals surface area (Å²) in [4.78, 5) is 0. The Kier molecular flexibility index (Phi) is 7.76. The largest absolute Gasteiger partial charge is 0.380 e. The van der Waals surface area contributed by atoms with Gasteiger partial charge in [-0.25, -0.2) is 0 Å². The van der Waals surface area contributed by atoms with Gasteiger partial charge in [-0.3, -0.25) is 0 Å². The van der Waals surface area contributed by atoms with Crippen LogP contribution in [0.1, 0.15) is 39.7 Å². The molecule has 1 N–H and O–H groups in total. The summed E-state index contributed by atoms with van der Waals surface area (Å²) >= 11 is 0. The Balaban J connectivity index is 2.53. The molecule has 2 nitrogen and oxygen atoms in total. The van der Waals surface area contributed by atoms with Crippen molar-refractivity contribution in [2.24, 2.45) is 5.92 Å². The summed E-state index contributed by atoms with van der Waals surface area (Å²) in [6.07, 6.45) is 2.23. The molecule has 0 heterocycles. The molecule has 1 aromatic rings. The third kappa shape index (κ3) is 6.22. The lowest BCUT2D eigenvalue weighted by molar-refractivity contribution is 0.103. The van der Waals surface area contributed by atoms with Crippen molar-refractivity contribution in [2.75, 3.05) is 13.2 Å². The van der Waals surface area contributed by atoms with Gasteiger partial charge >= 0.3 is 0 Å². The summed E-state index contributed by atoms with van der Waals surface area (Å²) < 4.78 is 5.59. The van der Waals surface area contributed by atoms with Crippen LogP contribution in [0, 0.1) is 5.92 Å². The molecule has 0 spiro atoms. The van der Waals surface area contributed by atoms with E-state index in [9.17, 15) is 0 Å². The van der Waals surface area contributed by atoms with Crippen molar-refractivity contribution in [1.82, 2.24) is 5.32 Å². The molecule has 0 bridgehead atoms. The molecule has 0 aromatic heterocycles. The van der Waals surface area contributed by atoms with Crippen molar-refractivity contribution in [3.8, 4) is 0 Å². The van der Waals surface area contributed by atoms with Crippen LogP contribution in [0.25, 0.3) is 0 Å². The Morgan fingerprint density at radius 1 is 1.11 bits per heavy atom. The fourth-order valence-electron chi connectivity index (χ4n) is 2.20. The van der Waals surface area contributed by atoms with Crippen LogP contribution in [0.3, 0.4) is 0 Å². The molecular weight excluding hydrogens is 234 g/mol. The van der Waals surface area contributed by atoms with Gasteiger partial charge in [0.25, 0.3) is 0 Å². The molecule has 19 heavy (non-hydrogen) atoms. The van der Waals surface area contributed by atoms with Gasteiger partial charge in [0.2, 0.25) is 0 Å². The third-order valence-electron chi connectivity index (χ3n) is 3.57. The van der Waals surface area contributed by atoms with Gasteiger partial charge < -0.3 is 10.1 Å². The van der Waals surface area contributed by atoms with E-state index in [1.54, 1.807) is 0 Å². The highest BCUT2D eigenvalue weighted by Gasteiger charge is 2.17. The van der Waals surface area contributed by atoms with Gasteiger partial charge in [0, 0.05) is 18.7 Å². The van der Waals surface area contributed by atoms with E-state index in [4.69, 9.17) is 4.74 Å². The van der Waals surface area contributed by atoms with Crippen molar-refractivity contribution in [3.63, 3.8) is 0 Å². The Bertz CT molecular complexity index is 323. The Morgan fingerprint density at radius 2 is 1.79 bits per heavy atom. The molecule has 0 aliphatic rings. The number of hydrogen-bond acceptors (Lipinski definition) is 2. The predicted molar refractivity (Wildman–Crippen MR) is 82.5 cm³/mol. The molecule has 2 heteroatoms. The van der Waals surface area contributed by atoms with Gasteiger partial charge in [-0.15, -0.1) is 0 Å². The summed E-state index contributed by atoms with van der Waals surface area (Å²) in [5.74, 6) is 0.594. The standard InChI is InChI=1S/C17H29NO/c1-5-16(12-15-10-8-7-9-11-15)18-17(14(3)4)13-19-6-2/h7-11,14,16-18H,5-6,12-13H2,1-4H3. The van der Waals surface area contributed by atoms with Crippen molar-refractivity contribution < 1.29 is 4.74 Å². The fraction of sp³-hybridized carbons (Fsp3) is 0.647. The maximum Gasteiger partial charge on any atom is 0.0622 e. The summed E-state index contributed by atoms with van der Waals surface area (Å²) in [5, 5.41) is 3.76. The highest BCUT2D eigenvalue weighted by molar-refractivity contribution is 5.15. The Morgan fingerprint density at radius 3 is 2.32 bits per heavy atom. The zero-order valence-corrected chi connectivity index (χ0v) is 12.9. The molecule has 0 saturated heterocycles. The van der Waals surface area contributed by atoms with E-state index in [0.29, 0.717) is 18.0 Å². The molecule has 1 rings (SSSR count). The van der Waals surface area contributed by atoms with Gasteiger partial charge in [0.05, 0.1) is 6.61 Å². The van der Waals surface area contributed by atoms with E-state index in [1.165, 1.54) is 5.56 Å². The minimum absolute atomic E-state index is 0.439. The first kappa shape index (κ1) is 16.2. The smallest absolute Gasteiger partial charge is 0.0622 e. The minimum atomic E-state index is 0.439. The SMILES string of the molecule is CCOCC(NC(CC)Cc1ccccc1)C(C)C. The molecule has 0 amide bonds. The number of rotatable bonds is 9. The summed E-state index contributed by atoms with van der Waals surface area (Å²) in [5.41, 5.74) is 1.40. The van der Waals surface area contributed by atoms with Crippen LogP contribution in [-0.4, -0.2) is 25.3 Å². The quantitative estimate of drug-likeness (QED) is 0.734. The molecule has 0 aliphatic heterocycles. The highest BCUT2D eigenvalue weighted by atomic mass is 16.5. The van der Waals surface area contributed by atoms with Crippen LogP contribution in [-0.2, 0) is 11.2 Å². The average Bonchev–Trinajstić information content (AvgIpc) is 2.42. The van der Waals surface area contributed by atoms with Gasteiger partial charge in [-0.1, -0.05) is 51.1 Å². The molecule has 1 aromatic carbocycles. The molecule has 2 unspecified atom stereocenters. The van der Waals surface area contributed by atoms with Gasteiger partial charge in [-0.05, 0) is 31.2 Å². The monoisotopic (exact) mass is 263 g/mol. The molecular formula is C17H29NO. The van der Waals surface area contributed by atoms with Crippen molar-refractivity contribution in [2.45, 2.75) is 52.6 Å². The predicted octanol–water partition coefficient (Wildman–Crippen LogP) is 3.66. The zero-order chi connectivity index (χ0) is 14.1. The molecule has 0 fully saturated rings. The van der Waals surface area contributed by atoms with Crippen LogP contribution in [0.2, 0.25) is 0 Å². The first-order chi connectivity index (χ1) is 9.17. The Labute approximate surface area is 118 Å². The molecule has 0 saturated carbocycles. The number of hydrogen-bond donors (Lipinski definition) is 1. The first-order valence-electron chi connectivity index (χ1n) is 7.55. The van der Waals surface area contributed by atoms with E-state index in [1.807, 2.05) is 0 Å². The molecule has 0 aliphatic carbocycles.